The summed E-state index contributed by atoms with van der Waals surface area (Å²) in [7, 11) is 0. The maximum atomic E-state index is 12.9. The zero-order valence-corrected chi connectivity index (χ0v) is 16.2. The SMILES string of the molecule is CC(=S)NC1C=C2C(=O)OC3(C2=CC1)c1ccc(O)cc1Oc1cc(O)ccc13. The molecule has 1 spiro atoms. The van der Waals surface area contributed by atoms with Gasteiger partial charge in [-0.3, -0.25) is 0 Å². The van der Waals surface area contributed by atoms with Crippen LogP contribution in [-0.2, 0) is 15.1 Å². The minimum Gasteiger partial charge on any atom is -0.508 e. The minimum absolute atomic E-state index is 0.0286. The third-order valence-corrected chi connectivity index (χ3v) is 5.49. The minimum atomic E-state index is -1.20. The smallest absolute Gasteiger partial charge is 0.339 e. The molecular weight excluding hydrogens is 390 g/mol. The van der Waals surface area contributed by atoms with Gasteiger partial charge in [0.2, 0.25) is 0 Å². The van der Waals surface area contributed by atoms with Crippen molar-refractivity contribution in [3.05, 3.63) is 70.8 Å². The van der Waals surface area contributed by atoms with Crippen LogP contribution in [0.2, 0.25) is 0 Å². The van der Waals surface area contributed by atoms with Gasteiger partial charge in [0.15, 0.2) is 5.60 Å². The molecule has 0 saturated carbocycles. The fraction of sp³-hybridized carbons (Fsp3) is 0.182. The van der Waals surface area contributed by atoms with Crippen molar-refractivity contribution in [2.75, 3.05) is 0 Å². The van der Waals surface area contributed by atoms with Crippen molar-refractivity contribution in [2.45, 2.75) is 25.0 Å². The number of benzene rings is 2. The van der Waals surface area contributed by atoms with E-state index in [1.807, 2.05) is 12.2 Å². The molecular formula is C22H17NO5S. The molecule has 1 saturated heterocycles. The van der Waals surface area contributed by atoms with Gasteiger partial charge in [0, 0.05) is 34.9 Å². The van der Waals surface area contributed by atoms with E-state index < -0.39 is 11.6 Å². The Morgan fingerprint density at radius 1 is 1.14 bits per heavy atom. The molecule has 3 aliphatic rings. The number of thiocarbonyl (C=S) groups is 1. The van der Waals surface area contributed by atoms with Crippen LogP contribution in [0.15, 0.2) is 59.7 Å². The second-order valence-electron chi connectivity index (χ2n) is 7.27. The first-order chi connectivity index (χ1) is 13.9. The molecule has 1 atom stereocenters. The Bertz CT molecular complexity index is 1100. The van der Waals surface area contributed by atoms with Gasteiger partial charge >= 0.3 is 5.97 Å². The second-order valence-corrected chi connectivity index (χ2v) is 7.89. The summed E-state index contributed by atoms with van der Waals surface area (Å²) in [6.07, 6.45) is 4.46. The number of phenolic OH excluding ortho intramolecular Hbond substituents is 2. The lowest BCUT2D eigenvalue weighted by atomic mass is 9.74. The first kappa shape index (κ1) is 17.8. The molecule has 5 rings (SSSR count). The van der Waals surface area contributed by atoms with Gasteiger partial charge < -0.3 is 25.0 Å². The predicted molar refractivity (Wildman–Crippen MR) is 109 cm³/mol. The van der Waals surface area contributed by atoms with E-state index in [2.05, 4.69) is 5.32 Å². The maximum Gasteiger partial charge on any atom is 0.339 e. The van der Waals surface area contributed by atoms with Crippen LogP contribution in [0.1, 0.15) is 24.5 Å². The summed E-state index contributed by atoms with van der Waals surface area (Å²) in [6.45, 7) is 1.80. The molecule has 7 heteroatoms. The molecule has 1 aliphatic carbocycles. The highest BCUT2D eigenvalue weighted by Gasteiger charge is 2.56. The monoisotopic (exact) mass is 407 g/mol. The van der Waals surface area contributed by atoms with Crippen LogP contribution in [0.5, 0.6) is 23.0 Å². The molecule has 2 heterocycles. The molecule has 0 radical (unpaired) electrons. The van der Waals surface area contributed by atoms with E-state index >= 15 is 0 Å². The lowest BCUT2D eigenvalue weighted by Gasteiger charge is -2.37. The number of nitrogens with one attached hydrogen (secondary N) is 1. The number of hydrogen-bond donors (Lipinski definition) is 3. The average molecular weight is 407 g/mol. The molecule has 2 aliphatic heterocycles. The lowest BCUT2D eigenvalue weighted by Crippen LogP contribution is -2.35. The van der Waals surface area contributed by atoms with Crippen molar-refractivity contribution in [1.29, 1.82) is 0 Å². The highest BCUT2D eigenvalue weighted by Crippen LogP contribution is 2.58. The first-order valence-corrected chi connectivity index (χ1v) is 9.57. The van der Waals surface area contributed by atoms with Crippen molar-refractivity contribution < 1.29 is 24.5 Å². The first-order valence-electron chi connectivity index (χ1n) is 9.16. The van der Waals surface area contributed by atoms with Gasteiger partial charge in [0.05, 0.1) is 10.6 Å². The predicted octanol–water partition coefficient (Wildman–Crippen LogP) is 3.57. The third-order valence-electron chi connectivity index (χ3n) is 5.38. The molecule has 0 aromatic heterocycles. The Hall–Kier alpha value is -3.32. The lowest BCUT2D eigenvalue weighted by molar-refractivity contribution is -0.143. The summed E-state index contributed by atoms with van der Waals surface area (Å²) in [5, 5.41) is 23.1. The van der Waals surface area contributed by atoms with Crippen molar-refractivity contribution in [3.8, 4) is 23.0 Å². The van der Waals surface area contributed by atoms with Gasteiger partial charge in [-0.15, -0.1) is 0 Å². The van der Waals surface area contributed by atoms with E-state index in [1.54, 1.807) is 19.1 Å². The van der Waals surface area contributed by atoms with Gasteiger partial charge in [0.25, 0.3) is 0 Å². The number of fused-ring (bicyclic) bond motifs is 6. The summed E-state index contributed by atoms with van der Waals surface area (Å²) in [5.74, 6) is 0.354. The molecule has 146 valence electrons. The number of esters is 1. The molecule has 29 heavy (non-hydrogen) atoms. The van der Waals surface area contributed by atoms with Gasteiger partial charge in [-0.2, -0.15) is 0 Å². The molecule has 6 nitrogen and oxygen atoms in total. The van der Waals surface area contributed by atoms with Crippen molar-refractivity contribution in [3.63, 3.8) is 0 Å². The number of phenols is 2. The normalized spacial score (nSPS) is 20.4. The van der Waals surface area contributed by atoms with E-state index in [-0.39, 0.29) is 17.5 Å². The van der Waals surface area contributed by atoms with E-state index in [1.165, 1.54) is 24.3 Å². The zero-order chi connectivity index (χ0) is 20.3. The van der Waals surface area contributed by atoms with Crippen LogP contribution in [0.25, 0.3) is 0 Å². The van der Waals surface area contributed by atoms with Crippen LogP contribution in [-0.4, -0.2) is 27.2 Å². The highest BCUT2D eigenvalue weighted by atomic mass is 32.1. The largest absolute Gasteiger partial charge is 0.508 e. The summed E-state index contributed by atoms with van der Waals surface area (Å²) in [5.41, 5.74) is 1.24. The summed E-state index contributed by atoms with van der Waals surface area (Å²) in [4.78, 5) is 13.6. The molecule has 2 aromatic carbocycles. The van der Waals surface area contributed by atoms with Crippen molar-refractivity contribution in [1.82, 2.24) is 5.32 Å². The van der Waals surface area contributed by atoms with Gasteiger partial charge in [-0.05, 0) is 43.7 Å². The topological polar surface area (TPSA) is 88.0 Å². The molecule has 1 fully saturated rings. The van der Waals surface area contributed by atoms with Crippen LogP contribution in [0.3, 0.4) is 0 Å². The number of carbonyl (C=O) groups is 1. The fourth-order valence-corrected chi connectivity index (χ4v) is 4.42. The fourth-order valence-electron chi connectivity index (χ4n) is 4.27. The van der Waals surface area contributed by atoms with Gasteiger partial charge in [-0.25, -0.2) is 4.79 Å². The Kier molecular flexibility index (Phi) is 3.73. The van der Waals surface area contributed by atoms with Gasteiger partial charge in [0.1, 0.15) is 23.0 Å². The highest BCUT2D eigenvalue weighted by molar-refractivity contribution is 7.80. The molecule has 0 bridgehead atoms. The maximum absolute atomic E-state index is 12.9. The number of ether oxygens (including phenoxy) is 2. The average Bonchev–Trinajstić information content (AvgIpc) is 2.93. The van der Waals surface area contributed by atoms with Crippen molar-refractivity contribution >= 4 is 23.2 Å². The Labute approximate surface area is 172 Å². The quantitative estimate of drug-likeness (QED) is 0.492. The van der Waals surface area contributed by atoms with E-state index in [4.69, 9.17) is 21.7 Å². The molecule has 3 N–H and O–H groups in total. The molecule has 1 unspecified atom stereocenters. The Balaban J connectivity index is 1.74. The van der Waals surface area contributed by atoms with E-state index in [9.17, 15) is 15.0 Å². The zero-order valence-electron chi connectivity index (χ0n) is 15.4. The van der Waals surface area contributed by atoms with Crippen LogP contribution < -0.4 is 10.1 Å². The third kappa shape index (κ3) is 2.54. The molecule has 0 amide bonds. The standard InChI is InChI=1S/C22H17NO5S/c1-11(29)23-12-2-5-16-15(8-12)21(26)28-22(16)17-6-3-13(24)9-19(17)27-20-10-14(25)4-7-18(20)22/h3-10,12,24-25H,2H2,1H3,(H,23,29). The number of carbonyl (C=O) groups excluding carboxylic acids is 1. The number of hydrogen-bond acceptors (Lipinski definition) is 6. The van der Waals surface area contributed by atoms with Crippen LogP contribution in [0.4, 0.5) is 0 Å². The van der Waals surface area contributed by atoms with Crippen LogP contribution >= 0.6 is 12.2 Å². The van der Waals surface area contributed by atoms with Crippen molar-refractivity contribution in [2.24, 2.45) is 0 Å². The summed E-state index contributed by atoms with van der Waals surface area (Å²) < 4.78 is 12.0. The summed E-state index contributed by atoms with van der Waals surface area (Å²) in [6, 6.07) is 9.33. The Morgan fingerprint density at radius 2 is 1.76 bits per heavy atom. The molecule has 2 aromatic rings. The van der Waals surface area contributed by atoms with Gasteiger partial charge in [-0.1, -0.05) is 18.3 Å². The summed E-state index contributed by atoms with van der Waals surface area (Å²) >= 11 is 5.13. The second kappa shape index (κ2) is 6.09. The Morgan fingerprint density at radius 3 is 2.34 bits per heavy atom. The van der Waals surface area contributed by atoms with Crippen LogP contribution in [0, 0.1) is 0 Å². The van der Waals surface area contributed by atoms with E-state index in [0.717, 1.165) is 5.57 Å². The number of rotatable bonds is 1. The van der Waals surface area contributed by atoms with E-state index in [0.29, 0.717) is 39.6 Å². The number of aromatic hydroxyl groups is 2.